The summed E-state index contributed by atoms with van der Waals surface area (Å²) in [5.41, 5.74) is 0. The van der Waals surface area contributed by atoms with Gasteiger partial charge in [0.2, 0.25) is 0 Å². The molecular weight excluding hydrogens is 709 g/mol. The molecule has 6 nitrogen and oxygen atoms in total. The van der Waals surface area contributed by atoms with E-state index in [1.807, 2.05) is 42.5 Å². The fraction of sp³-hybridized carbons (Fsp3) is 0.471. The molecule has 0 rings (SSSR count). The first-order chi connectivity index (χ1) is 28.0. The first-order valence-electron chi connectivity index (χ1n) is 21.4. The highest BCUT2D eigenvalue weighted by Crippen LogP contribution is 2.09. The van der Waals surface area contributed by atoms with Gasteiger partial charge in [-0.25, -0.2) is 0 Å². The Morgan fingerprint density at radius 1 is 0.386 bits per heavy atom. The minimum atomic E-state index is -0.860. The number of carbonyl (C=O) groups excluding carboxylic acids is 3. The molecule has 0 aliphatic heterocycles. The van der Waals surface area contributed by atoms with Crippen molar-refractivity contribution in [2.75, 3.05) is 13.2 Å². The summed E-state index contributed by atoms with van der Waals surface area (Å²) in [6.07, 6.45) is 63.0. The lowest BCUT2D eigenvalue weighted by atomic mass is 10.1. The van der Waals surface area contributed by atoms with Gasteiger partial charge in [0.15, 0.2) is 6.10 Å². The summed E-state index contributed by atoms with van der Waals surface area (Å²) in [6.45, 7) is 6.02. The van der Waals surface area contributed by atoms with E-state index in [0.717, 1.165) is 83.5 Å². The highest BCUT2D eigenvalue weighted by atomic mass is 16.6. The number of hydrogen-bond acceptors (Lipinski definition) is 6. The van der Waals surface area contributed by atoms with E-state index in [2.05, 4.69) is 118 Å². The van der Waals surface area contributed by atoms with Crippen LogP contribution in [0.2, 0.25) is 0 Å². The van der Waals surface area contributed by atoms with Crippen molar-refractivity contribution in [1.82, 2.24) is 0 Å². The Bertz CT molecular complexity index is 1360. The van der Waals surface area contributed by atoms with Crippen molar-refractivity contribution >= 4 is 17.9 Å². The van der Waals surface area contributed by atoms with E-state index < -0.39 is 18.0 Å². The zero-order valence-corrected chi connectivity index (χ0v) is 35.5. The van der Waals surface area contributed by atoms with Gasteiger partial charge in [0.1, 0.15) is 13.2 Å². The zero-order chi connectivity index (χ0) is 41.5. The van der Waals surface area contributed by atoms with Crippen LogP contribution in [0.1, 0.15) is 136 Å². The van der Waals surface area contributed by atoms with E-state index in [9.17, 15) is 14.4 Å². The number of hydrogen-bond donors (Lipinski definition) is 0. The minimum absolute atomic E-state index is 0.108. The topological polar surface area (TPSA) is 78.9 Å². The lowest BCUT2D eigenvalue weighted by molar-refractivity contribution is -0.166. The van der Waals surface area contributed by atoms with Crippen molar-refractivity contribution in [3.05, 3.63) is 146 Å². The monoisotopic (exact) mass is 783 g/mol. The maximum absolute atomic E-state index is 12.7. The molecule has 0 N–H and O–H groups in total. The molecule has 0 fully saturated rings. The molecule has 57 heavy (non-hydrogen) atoms. The minimum Gasteiger partial charge on any atom is -0.462 e. The smallest absolute Gasteiger partial charge is 0.309 e. The summed E-state index contributed by atoms with van der Waals surface area (Å²) in [6, 6.07) is 0. The van der Waals surface area contributed by atoms with Crippen LogP contribution in [0, 0.1) is 0 Å². The highest BCUT2D eigenvalue weighted by Gasteiger charge is 2.19. The van der Waals surface area contributed by atoms with Gasteiger partial charge in [-0.3, -0.25) is 14.4 Å². The number of ether oxygens (including phenoxy) is 3. The molecule has 0 saturated heterocycles. The third-order valence-corrected chi connectivity index (χ3v) is 7.95. The Balaban J connectivity index is 4.63. The average Bonchev–Trinajstić information content (AvgIpc) is 3.21. The molecule has 0 heterocycles. The Morgan fingerprint density at radius 3 is 1.35 bits per heavy atom. The van der Waals surface area contributed by atoms with Crippen LogP contribution in [0.3, 0.4) is 0 Å². The summed E-state index contributed by atoms with van der Waals surface area (Å²) < 4.78 is 16.5. The lowest BCUT2D eigenvalue weighted by Crippen LogP contribution is -2.30. The summed E-state index contributed by atoms with van der Waals surface area (Å²) in [5, 5.41) is 0. The van der Waals surface area contributed by atoms with E-state index in [-0.39, 0.29) is 38.4 Å². The standard InChI is InChI=1S/C51H74O6/c1-4-7-10-13-16-19-21-23-24-25-26-28-29-32-35-38-41-44-50(53)56-47-48(46-55-49(52)43-40-37-34-31-18-15-12-9-6-3)57-51(54)45-42-39-36-33-30-27-22-20-17-14-11-8-5-2/h7-12,14,16-20,22-24,26-28,30-32,35,37,40,48H,4-6,13,15,21,25,29,33-34,36,38-39,41-47H2,1-3H3/b10-7-,11-8-,12-9-,17-14-,19-16-,22-20-,24-23-,28-26-,30-27-,31-18-,35-32-,40-37-. The summed E-state index contributed by atoms with van der Waals surface area (Å²) in [5.74, 6) is -1.20. The molecule has 0 bridgehead atoms. The molecule has 0 radical (unpaired) electrons. The van der Waals surface area contributed by atoms with Crippen LogP contribution >= 0.6 is 0 Å². The number of allylic oxidation sites excluding steroid dienone is 23. The van der Waals surface area contributed by atoms with Crippen molar-refractivity contribution < 1.29 is 28.6 Å². The Kier molecular flexibility index (Phi) is 40.4. The molecular formula is C51H74O6. The van der Waals surface area contributed by atoms with Gasteiger partial charge >= 0.3 is 17.9 Å². The van der Waals surface area contributed by atoms with Gasteiger partial charge in [0, 0.05) is 12.8 Å². The second-order valence-corrected chi connectivity index (χ2v) is 13.2. The molecule has 314 valence electrons. The molecule has 6 heteroatoms. The molecule has 1 unspecified atom stereocenters. The molecule has 0 aromatic heterocycles. The van der Waals surface area contributed by atoms with Gasteiger partial charge in [-0.2, -0.15) is 0 Å². The first kappa shape index (κ1) is 52.3. The Labute approximate surface area is 347 Å². The lowest BCUT2D eigenvalue weighted by Gasteiger charge is -2.18. The normalized spacial score (nSPS) is 13.5. The van der Waals surface area contributed by atoms with Gasteiger partial charge in [-0.05, 0) is 89.9 Å². The van der Waals surface area contributed by atoms with Crippen molar-refractivity contribution in [2.24, 2.45) is 0 Å². The van der Waals surface area contributed by atoms with E-state index in [0.29, 0.717) is 12.8 Å². The highest BCUT2D eigenvalue weighted by molar-refractivity contribution is 5.72. The Morgan fingerprint density at radius 2 is 0.807 bits per heavy atom. The fourth-order valence-electron chi connectivity index (χ4n) is 4.84. The molecule has 0 spiro atoms. The fourth-order valence-corrected chi connectivity index (χ4v) is 4.84. The van der Waals surface area contributed by atoms with Gasteiger partial charge in [0.05, 0.1) is 6.42 Å². The van der Waals surface area contributed by atoms with Gasteiger partial charge in [-0.15, -0.1) is 0 Å². The Hall–Kier alpha value is -4.71. The third kappa shape index (κ3) is 42.3. The second kappa shape index (κ2) is 44.0. The number of rotatable bonds is 35. The zero-order valence-electron chi connectivity index (χ0n) is 35.5. The van der Waals surface area contributed by atoms with Gasteiger partial charge in [0.25, 0.3) is 0 Å². The second-order valence-electron chi connectivity index (χ2n) is 13.2. The van der Waals surface area contributed by atoms with Crippen molar-refractivity contribution in [3.8, 4) is 0 Å². The van der Waals surface area contributed by atoms with Crippen LogP contribution in [0.15, 0.2) is 146 Å². The molecule has 0 aliphatic rings. The van der Waals surface area contributed by atoms with Crippen LogP contribution in [0.4, 0.5) is 0 Å². The summed E-state index contributed by atoms with van der Waals surface area (Å²) in [7, 11) is 0. The molecule has 0 saturated carbocycles. The van der Waals surface area contributed by atoms with Crippen molar-refractivity contribution in [1.29, 1.82) is 0 Å². The number of esters is 3. The summed E-state index contributed by atoms with van der Waals surface area (Å²) >= 11 is 0. The quantitative estimate of drug-likeness (QED) is 0.0209. The van der Waals surface area contributed by atoms with Gasteiger partial charge in [-0.1, -0.05) is 173 Å². The SMILES string of the molecule is CC\C=C/C=C\C=C/C=C\CCCCCC(=O)OC(COC(=O)C/C=C\C/C=C\C/C=C\CC)COC(=O)CCC/C=C\C/C=C\C/C=C\C/C=C\C/C=C\CC. The predicted octanol–water partition coefficient (Wildman–Crippen LogP) is 13.7. The van der Waals surface area contributed by atoms with Crippen molar-refractivity contribution in [3.63, 3.8) is 0 Å². The van der Waals surface area contributed by atoms with E-state index >= 15 is 0 Å². The molecule has 0 aromatic rings. The third-order valence-electron chi connectivity index (χ3n) is 7.95. The predicted molar refractivity (Wildman–Crippen MR) is 242 cm³/mol. The molecule has 0 aliphatic carbocycles. The van der Waals surface area contributed by atoms with E-state index in [1.165, 1.54) is 0 Å². The largest absolute Gasteiger partial charge is 0.462 e. The van der Waals surface area contributed by atoms with Crippen molar-refractivity contribution in [2.45, 2.75) is 142 Å². The molecule has 0 aromatic carbocycles. The summed E-state index contributed by atoms with van der Waals surface area (Å²) in [4.78, 5) is 37.5. The van der Waals surface area contributed by atoms with E-state index in [1.54, 1.807) is 6.08 Å². The van der Waals surface area contributed by atoms with Gasteiger partial charge < -0.3 is 14.2 Å². The molecule has 0 amide bonds. The molecule has 1 atom stereocenters. The van der Waals surface area contributed by atoms with Crippen LogP contribution in [-0.4, -0.2) is 37.2 Å². The number of carbonyl (C=O) groups is 3. The average molecular weight is 783 g/mol. The van der Waals surface area contributed by atoms with Crippen LogP contribution in [0.5, 0.6) is 0 Å². The van der Waals surface area contributed by atoms with Crippen LogP contribution < -0.4 is 0 Å². The van der Waals surface area contributed by atoms with Crippen LogP contribution in [-0.2, 0) is 28.6 Å². The maximum Gasteiger partial charge on any atom is 0.309 e. The first-order valence-corrected chi connectivity index (χ1v) is 21.4. The number of unbranched alkanes of at least 4 members (excludes halogenated alkanes) is 4. The van der Waals surface area contributed by atoms with Crippen LogP contribution in [0.25, 0.3) is 0 Å². The maximum atomic E-state index is 12.7. The van der Waals surface area contributed by atoms with E-state index in [4.69, 9.17) is 14.2 Å².